The van der Waals surface area contributed by atoms with Crippen LogP contribution in [0.15, 0.2) is 138 Å². The number of fused-ring (bicyclic) bond motifs is 10. The summed E-state index contributed by atoms with van der Waals surface area (Å²) < 4.78 is 6.41. The van der Waals surface area contributed by atoms with E-state index in [0.29, 0.717) is 0 Å². The average molecular weight is 659 g/mol. The third kappa shape index (κ3) is 3.87. The fraction of sp³-hybridized carbons (Fsp3) is 0.174. The number of hydrogen-bond donors (Lipinski definition) is 1. The van der Waals surface area contributed by atoms with E-state index in [1.54, 1.807) is 0 Å². The van der Waals surface area contributed by atoms with Crippen molar-refractivity contribution in [2.24, 2.45) is 0 Å². The van der Waals surface area contributed by atoms with Crippen molar-refractivity contribution in [1.29, 1.82) is 0 Å². The summed E-state index contributed by atoms with van der Waals surface area (Å²) >= 11 is 0. The van der Waals surface area contributed by atoms with E-state index in [0.717, 1.165) is 51.1 Å². The molecular formula is C46H37BN3O. The van der Waals surface area contributed by atoms with E-state index in [1.807, 2.05) is 6.07 Å². The van der Waals surface area contributed by atoms with Crippen LogP contribution in [-0.2, 0) is 5.41 Å². The van der Waals surface area contributed by atoms with Gasteiger partial charge in [-0.05, 0) is 73.4 Å². The SMILES string of the molecule is CC12CCCCC1(C)N1c3cc(N(c4ccccc4)c4ccccc4)cc(-c4cccc5c4[nH]c4oc6ccccc6c45)c3[B]c3cccc2c31. The van der Waals surface area contributed by atoms with Crippen LogP contribution in [0.5, 0.6) is 0 Å². The topological polar surface area (TPSA) is 35.4 Å². The van der Waals surface area contributed by atoms with Gasteiger partial charge in [0.05, 0.1) is 16.4 Å². The summed E-state index contributed by atoms with van der Waals surface area (Å²) in [6.45, 7) is 5.07. The smallest absolute Gasteiger partial charge is 0.206 e. The van der Waals surface area contributed by atoms with E-state index in [9.17, 15) is 0 Å². The molecule has 11 rings (SSSR count). The fourth-order valence-electron chi connectivity index (χ4n) is 9.98. The van der Waals surface area contributed by atoms with E-state index in [4.69, 9.17) is 4.42 Å². The third-order valence-corrected chi connectivity index (χ3v) is 12.6. The van der Waals surface area contributed by atoms with Crippen molar-refractivity contribution in [3.63, 3.8) is 0 Å². The second kappa shape index (κ2) is 10.4. The number of nitrogens with zero attached hydrogens (tertiary/aromatic N) is 2. The van der Waals surface area contributed by atoms with Crippen molar-refractivity contribution >= 4 is 79.6 Å². The van der Waals surface area contributed by atoms with E-state index in [1.165, 1.54) is 63.6 Å². The first-order chi connectivity index (χ1) is 25.0. The molecule has 0 bridgehead atoms. The Bertz CT molecular complexity index is 2640. The molecule has 5 heteroatoms. The lowest BCUT2D eigenvalue weighted by molar-refractivity contribution is 0.195. The molecule has 2 atom stereocenters. The number of H-pyrrole nitrogens is 1. The van der Waals surface area contributed by atoms with Crippen LogP contribution in [0.2, 0.25) is 0 Å². The van der Waals surface area contributed by atoms with Crippen LogP contribution < -0.4 is 20.7 Å². The maximum Gasteiger partial charge on any atom is 0.206 e. The lowest BCUT2D eigenvalue weighted by Crippen LogP contribution is -2.57. The average Bonchev–Trinajstić information content (AvgIpc) is 3.78. The second-order valence-corrected chi connectivity index (χ2v) is 15.1. The molecule has 1 fully saturated rings. The van der Waals surface area contributed by atoms with Crippen molar-refractivity contribution in [2.75, 3.05) is 9.80 Å². The van der Waals surface area contributed by atoms with Crippen molar-refractivity contribution in [3.8, 4) is 11.1 Å². The molecule has 2 aliphatic heterocycles. The van der Waals surface area contributed by atoms with E-state index in [2.05, 4.69) is 163 Å². The summed E-state index contributed by atoms with van der Waals surface area (Å²) in [5.41, 5.74) is 15.4. The minimum atomic E-state index is -0.0515. The summed E-state index contributed by atoms with van der Waals surface area (Å²) in [6, 6.07) is 48.6. The monoisotopic (exact) mass is 658 g/mol. The van der Waals surface area contributed by atoms with Crippen LogP contribution >= 0.6 is 0 Å². The Hall–Kier alpha value is -5.68. The molecule has 0 spiro atoms. The van der Waals surface area contributed by atoms with Gasteiger partial charge >= 0.3 is 0 Å². The van der Waals surface area contributed by atoms with E-state index in [-0.39, 0.29) is 11.0 Å². The number of aromatic amines is 1. The van der Waals surface area contributed by atoms with Gasteiger partial charge in [0.2, 0.25) is 5.71 Å². The van der Waals surface area contributed by atoms with Crippen LogP contribution in [0.3, 0.4) is 0 Å². The number of furan rings is 1. The van der Waals surface area contributed by atoms with Crippen LogP contribution in [0, 0.1) is 0 Å². The number of nitrogens with one attached hydrogen (secondary N) is 1. The number of benzene rings is 6. The minimum absolute atomic E-state index is 0.0515. The molecule has 6 aromatic carbocycles. The van der Waals surface area contributed by atoms with E-state index >= 15 is 0 Å². The molecule has 1 saturated carbocycles. The molecule has 4 heterocycles. The molecule has 8 aromatic rings. The second-order valence-electron chi connectivity index (χ2n) is 15.1. The van der Waals surface area contributed by atoms with E-state index < -0.39 is 0 Å². The zero-order chi connectivity index (χ0) is 33.9. The molecule has 0 saturated heterocycles. The molecule has 3 aliphatic rings. The van der Waals surface area contributed by atoms with Crippen LogP contribution in [0.4, 0.5) is 28.4 Å². The predicted molar refractivity (Wildman–Crippen MR) is 214 cm³/mol. The quantitative estimate of drug-likeness (QED) is 0.191. The lowest BCUT2D eigenvalue weighted by atomic mass is 9.58. The highest BCUT2D eigenvalue weighted by Gasteiger charge is 2.59. The standard InChI is InChI=1S/C46H37BN3O/c1-45-25-11-12-26-46(45,2)50-38-28-31(49(29-15-5-3-6-16-29)30-17-7-4-8-18-30)27-35(41(38)47-37-23-14-22-36(45)43(37)50)32-20-13-21-34-40-33-19-9-10-24-39(33)51-44(40)48-42(32)34/h3-10,13-24,27-28,48H,11-12,25-26H2,1-2H3. The van der Waals surface area contributed by atoms with Gasteiger partial charge in [-0.3, -0.25) is 0 Å². The molecule has 1 aliphatic carbocycles. The summed E-state index contributed by atoms with van der Waals surface area (Å²) in [7, 11) is 2.46. The molecular weight excluding hydrogens is 621 g/mol. The Morgan fingerprint density at radius 3 is 2.20 bits per heavy atom. The summed E-state index contributed by atoms with van der Waals surface area (Å²) in [6.07, 6.45) is 4.87. The molecule has 1 radical (unpaired) electrons. The zero-order valence-corrected chi connectivity index (χ0v) is 28.9. The Labute approximate surface area is 298 Å². The first kappa shape index (κ1) is 29.1. The molecule has 51 heavy (non-hydrogen) atoms. The summed E-state index contributed by atoms with van der Waals surface area (Å²) in [4.78, 5) is 8.94. The highest BCUT2D eigenvalue weighted by Crippen LogP contribution is 2.61. The van der Waals surface area contributed by atoms with Gasteiger partial charge in [0.25, 0.3) is 0 Å². The highest BCUT2D eigenvalue weighted by atomic mass is 16.3. The van der Waals surface area contributed by atoms with Gasteiger partial charge in [-0.25, -0.2) is 0 Å². The molecule has 2 aromatic heterocycles. The Morgan fingerprint density at radius 1 is 0.686 bits per heavy atom. The van der Waals surface area contributed by atoms with Gasteiger partial charge in [0.1, 0.15) is 5.58 Å². The number of anilines is 5. The van der Waals surface area contributed by atoms with Crippen molar-refractivity contribution in [3.05, 3.63) is 139 Å². The van der Waals surface area contributed by atoms with Crippen molar-refractivity contribution < 1.29 is 4.42 Å². The number of para-hydroxylation sites is 5. The van der Waals surface area contributed by atoms with Crippen molar-refractivity contribution in [2.45, 2.75) is 50.5 Å². The molecule has 4 nitrogen and oxygen atoms in total. The van der Waals surface area contributed by atoms with Gasteiger partial charge in [-0.1, -0.05) is 122 Å². The molecule has 1 N–H and O–H groups in total. The summed E-state index contributed by atoms with van der Waals surface area (Å²) in [5, 5.41) is 3.47. The first-order valence-electron chi connectivity index (χ1n) is 18.3. The lowest BCUT2D eigenvalue weighted by Gasteiger charge is -2.51. The molecule has 245 valence electrons. The molecule has 0 amide bonds. The van der Waals surface area contributed by atoms with Crippen molar-refractivity contribution in [1.82, 2.24) is 4.98 Å². The number of aromatic nitrogens is 1. The minimum Gasteiger partial charge on any atom is -0.440 e. The van der Waals surface area contributed by atoms with Crippen LogP contribution in [0.1, 0.15) is 45.1 Å². The Morgan fingerprint density at radius 2 is 1.39 bits per heavy atom. The largest absolute Gasteiger partial charge is 0.440 e. The predicted octanol–water partition coefficient (Wildman–Crippen LogP) is 10.9. The van der Waals surface area contributed by atoms with Crippen LogP contribution in [-0.4, -0.2) is 17.8 Å². The van der Waals surface area contributed by atoms with Gasteiger partial charge in [-0.15, -0.1) is 0 Å². The molecule has 2 unspecified atom stereocenters. The summed E-state index contributed by atoms with van der Waals surface area (Å²) in [5.74, 6) is 0. The van der Waals surface area contributed by atoms with Gasteiger partial charge in [0, 0.05) is 50.2 Å². The first-order valence-corrected chi connectivity index (χ1v) is 18.3. The maximum atomic E-state index is 6.41. The van der Waals surface area contributed by atoms with Crippen LogP contribution in [0.25, 0.3) is 44.1 Å². The highest BCUT2D eigenvalue weighted by molar-refractivity contribution is 6.73. The van der Waals surface area contributed by atoms with Gasteiger partial charge < -0.3 is 19.2 Å². The zero-order valence-electron chi connectivity index (χ0n) is 28.9. The third-order valence-electron chi connectivity index (χ3n) is 12.6. The number of rotatable bonds is 4. The Kier molecular flexibility index (Phi) is 5.95. The maximum absolute atomic E-state index is 6.41. The number of hydrogen-bond acceptors (Lipinski definition) is 3. The van der Waals surface area contributed by atoms with Gasteiger partial charge in [0.15, 0.2) is 7.28 Å². The Balaban J connectivity index is 1.24. The van der Waals surface area contributed by atoms with Gasteiger partial charge in [-0.2, -0.15) is 0 Å². The normalized spacial score (nSPS) is 20.3. The fourth-order valence-corrected chi connectivity index (χ4v) is 9.98.